The van der Waals surface area contributed by atoms with Crippen molar-refractivity contribution in [1.82, 2.24) is 10.3 Å². The van der Waals surface area contributed by atoms with Crippen LogP contribution in [0.1, 0.15) is 21.5 Å². The molecule has 0 fully saturated rings. The summed E-state index contributed by atoms with van der Waals surface area (Å²) in [5.74, 6) is -0.201. The lowest BCUT2D eigenvalue weighted by Crippen LogP contribution is -2.25. The van der Waals surface area contributed by atoms with Crippen molar-refractivity contribution in [2.75, 3.05) is 6.54 Å². The van der Waals surface area contributed by atoms with Crippen LogP contribution in [0.4, 0.5) is 0 Å². The molecule has 0 bridgehead atoms. The Morgan fingerprint density at radius 3 is 2.86 bits per heavy atom. The molecule has 1 aromatic heterocycles. The molecule has 1 heterocycles. The van der Waals surface area contributed by atoms with E-state index in [2.05, 4.69) is 16.4 Å². The number of aromatic hydroxyl groups is 1. The summed E-state index contributed by atoms with van der Waals surface area (Å²) in [6.45, 7) is 2.30. The molecule has 1 amide bonds. The summed E-state index contributed by atoms with van der Waals surface area (Å²) in [7, 11) is 0. The van der Waals surface area contributed by atoms with E-state index in [4.69, 9.17) is 0 Å². The molecule has 0 aliphatic rings. The zero-order valence-electron chi connectivity index (χ0n) is 12.4. The van der Waals surface area contributed by atoms with Gasteiger partial charge in [-0.15, -0.1) is 0 Å². The van der Waals surface area contributed by atoms with Crippen molar-refractivity contribution in [2.24, 2.45) is 0 Å². The Bertz CT molecular complexity index is 821. The van der Waals surface area contributed by atoms with Crippen LogP contribution < -0.4 is 5.32 Å². The third-order valence-electron chi connectivity index (χ3n) is 3.84. The van der Waals surface area contributed by atoms with Gasteiger partial charge < -0.3 is 15.4 Å². The first-order valence-corrected chi connectivity index (χ1v) is 7.28. The van der Waals surface area contributed by atoms with Gasteiger partial charge in [0.1, 0.15) is 5.75 Å². The summed E-state index contributed by atoms with van der Waals surface area (Å²) >= 11 is 0. The highest BCUT2D eigenvalue weighted by Crippen LogP contribution is 2.21. The lowest BCUT2D eigenvalue weighted by molar-refractivity contribution is 0.0951. The number of rotatable bonds is 4. The topological polar surface area (TPSA) is 65.1 Å². The van der Waals surface area contributed by atoms with Crippen molar-refractivity contribution in [2.45, 2.75) is 13.3 Å². The van der Waals surface area contributed by atoms with Gasteiger partial charge in [-0.25, -0.2) is 0 Å². The van der Waals surface area contributed by atoms with Gasteiger partial charge >= 0.3 is 0 Å². The molecule has 4 nitrogen and oxygen atoms in total. The lowest BCUT2D eigenvalue weighted by atomic mass is 10.1. The number of hydrogen-bond acceptors (Lipinski definition) is 2. The normalized spacial score (nSPS) is 10.8. The smallest absolute Gasteiger partial charge is 0.255 e. The maximum absolute atomic E-state index is 12.1. The Kier molecular flexibility index (Phi) is 3.83. The molecule has 0 aliphatic heterocycles. The maximum atomic E-state index is 12.1. The summed E-state index contributed by atoms with van der Waals surface area (Å²) in [6.07, 6.45) is 2.71. The van der Waals surface area contributed by atoms with Gasteiger partial charge in [-0.2, -0.15) is 0 Å². The number of nitrogens with one attached hydrogen (secondary N) is 2. The van der Waals surface area contributed by atoms with Gasteiger partial charge in [-0.1, -0.05) is 30.3 Å². The maximum Gasteiger partial charge on any atom is 0.255 e. The van der Waals surface area contributed by atoms with E-state index >= 15 is 0 Å². The first kappa shape index (κ1) is 14.2. The molecule has 0 saturated heterocycles. The van der Waals surface area contributed by atoms with E-state index < -0.39 is 0 Å². The molecule has 3 N–H and O–H groups in total. The number of fused-ring (bicyclic) bond motifs is 1. The fourth-order valence-electron chi connectivity index (χ4n) is 2.59. The number of benzene rings is 2. The minimum atomic E-state index is -0.249. The number of hydrogen-bond donors (Lipinski definition) is 3. The Morgan fingerprint density at radius 1 is 1.18 bits per heavy atom. The minimum Gasteiger partial charge on any atom is -0.507 e. The van der Waals surface area contributed by atoms with Crippen LogP contribution in [0, 0.1) is 6.92 Å². The fourth-order valence-corrected chi connectivity index (χ4v) is 2.59. The van der Waals surface area contributed by atoms with Crippen molar-refractivity contribution >= 4 is 16.8 Å². The summed E-state index contributed by atoms with van der Waals surface area (Å²) in [4.78, 5) is 15.4. The van der Waals surface area contributed by atoms with Crippen LogP contribution in [0.3, 0.4) is 0 Å². The van der Waals surface area contributed by atoms with Gasteiger partial charge in [-0.3, -0.25) is 4.79 Å². The van der Waals surface area contributed by atoms with Crippen LogP contribution in [-0.2, 0) is 6.42 Å². The molecule has 0 spiro atoms. The van der Waals surface area contributed by atoms with Gasteiger partial charge in [0.15, 0.2) is 0 Å². The number of carbonyl (C=O) groups excluding carboxylic acids is 1. The Morgan fingerprint density at radius 2 is 2.00 bits per heavy atom. The van der Waals surface area contributed by atoms with Crippen molar-refractivity contribution < 1.29 is 9.90 Å². The van der Waals surface area contributed by atoms with E-state index in [0.29, 0.717) is 17.7 Å². The number of para-hydroxylation sites is 2. The first-order chi connectivity index (χ1) is 10.7. The Balaban J connectivity index is 1.66. The van der Waals surface area contributed by atoms with E-state index in [9.17, 15) is 9.90 Å². The zero-order valence-corrected chi connectivity index (χ0v) is 12.4. The van der Waals surface area contributed by atoms with E-state index in [0.717, 1.165) is 11.9 Å². The highest BCUT2D eigenvalue weighted by molar-refractivity contribution is 5.97. The van der Waals surface area contributed by atoms with Crippen LogP contribution in [-0.4, -0.2) is 22.5 Å². The Hall–Kier alpha value is -2.75. The van der Waals surface area contributed by atoms with Gasteiger partial charge in [0.2, 0.25) is 0 Å². The molecule has 22 heavy (non-hydrogen) atoms. The van der Waals surface area contributed by atoms with E-state index in [1.807, 2.05) is 24.4 Å². The molecule has 0 unspecified atom stereocenters. The van der Waals surface area contributed by atoms with Gasteiger partial charge in [0.05, 0.1) is 5.56 Å². The quantitative estimate of drug-likeness (QED) is 0.692. The number of H-pyrrole nitrogens is 1. The van der Waals surface area contributed by atoms with Crippen LogP contribution in [0.2, 0.25) is 0 Å². The third-order valence-corrected chi connectivity index (χ3v) is 3.84. The molecule has 0 saturated carbocycles. The molecule has 0 radical (unpaired) electrons. The molecule has 2 aromatic carbocycles. The van der Waals surface area contributed by atoms with Gasteiger partial charge in [-0.05, 0) is 36.6 Å². The number of aromatic nitrogens is 1. The van der Waals surface area contributed by atoms with Gasteiger partial charge in [0.25, 0.3) is 5.91 Å². The molecule has 0 atom stereocenters. The molecular weight excluding hydrogens is 276 g/mol. The van der Waals surface area contributed by atoms with Crippen molar-refractivity contribution in [3.63, 3.8) is 0 Å². The standard InChI is InChI=1S/C18H18N2O2/c1-12-5-4-7-15(17(12)21)18(22)19-10-9-13-11-20-16-8-3-2-6-14(13)16/h2-8,11,20-21H,9-10H2,1H3,(H,19,22). The number of aromatic amines is 1. The summed E-state index contributed by atoms with van der Waals surface area (Å²) in [5.41, 5.74) is 3.28. The molecule has 0 aliphatic carbocycles. The summed E-state index contributed by atoms with van der Waals surface area (Å²) in [6, 6.07) is 13.3. The predicted octanol–water partition coefficient (Wildman–Crippen LogP) is 3.15. The van der Waals surface area contributed by atoms with E-state index in [1.54, 1.807) is 25.1 Å². The highest BCUT2D eigenvalue weighted by atomic mass is 16.3. The second-order valence-corrected chi connectivity index (χ2v) is 5.34. The van der Waals surface area contributed by atoms with Crippen LogP contribution in [0.15, 0.2) is 48.7 Å². The summed E-state index contributed by atoms with van der Waals surface area (Å²) < 4.78 is 0. The van der Waals surface area contributed by atoms with Gasteiger partial charge in [0, 0.05) is 23.6 Å². The monoisotopic (exact) mass is 294 g/mol. The molecule has 112 valence electrons. The second-order valence-electron chi connectivity index (χ2n) is 5.34. The fraction of sp³-hybridized carbons (Fsp3) is 0.167. The first-order valence-electron chi connectivity index (χ1n) is 7.28. The minimum absolute atomic E-state index is 0.0482. The number of phenolic OH excluding ortho intramolecular Hbond substituents is 1. The second kappa shape index (κ2) is 5.93. The number of aryl methyl sites for hydroxylation is 1. The third kappa shape index (κ3) is 2.68. The SMILES string of the molecule is Cc1cccc(C(=O)NCCc2c[nH]c3ccccc23)c1O. The zero-order chi connectivity index (χ0) is 15.5. The average molecular weight is 294 g/mol. The lowest BCUT2D eigenvalue weighted by Gasteiger charge is -2.08. The molecular formula is C18H18N2O2. The Labute approximate surface area is 128 Å². The summed E-state index contributed by atoms with van der Waals surface area (Å²) in [5, 5.41) is 14.0. The average Bonchev–Trinajstić information content (AvgIpc) is 2.93. The predicted molar refractivity (Wildman–Crippen MR) is 87.2 cm³/mol. The van der Waals surface area contributed by atoms with Crippen LogP contribution >= 0.6 is 0 Å². The van der Waals surface area contributed by atoms with Crippen molar-refractivity contribution in [3.8, 4) is 5.75 Å². The van der Waals surface area contributed by atoms with Crippen molar-refractivity contribution in [1.29, 1.82) is 0 Å². The molecule has 3 aromatic rings. The van der Waals surface area contributed by atoms with E-state index in [-0.39, 0.29) is 11.7 Å². The van der Waals surface area contributed by atoms with Crippen LogP contribution in [0.5, 0.6) is 5.75 Å². The van der Waals surface area contributed by atoms with Crippen molar-refractivity contribution in [3.05, 3.63) is 65.4 Å². The molecule has 4 heteroatoms. The van der Waals surface area contributed by atoms with Crippen LogP contribution in [0.25, 0.3) is 10.9 Å². The number of amides is 1. The number of carbonyl (C=O) groups is 1. The molecule has 3 rings (SSSR count). The number of phenols is 1. The highest BCUT2D eigenvalue weighted by Gasteiger charge is 2.12. The largest absolute Gasteiger partial charge is 0.507 e. The van der Waals surface area contributed by atoms with E-state index in [1.165, 1.54) is 10.9 Å².